The molecule has 2 aliphatic heterocycles. The average molecular weight is 489 g/mol. The Morgan fingerprint density at radius 3 is 2.56 bits per heavy atom. The minimum Gasteiger partial charge on any atom is -0.444 e. The standard InChI is InChI=1S/C21H33FN2O6SSi/c1-21(2,3)32(4,5)30-17-8-10-23(13-17)19-7-6-15(12-18(19)22)24-14-16(29-20(24)25)9-11-31(26,27)28/h6-7,12,16-17H,8-11,13-14H2,1-5H3,(H,26,27,28)/t16-,17?/m0/s1. The van der Waals surface area contributed by atoms with Crippen LogP contribution in [0.5, 0.6) is 0 Å². The number of halogens is 1. The van der Waals surface area contributed by atoms with Crippen molar-refractivity contribution in [2.75, 3.05) is 35.2 Å². The van der Waals surface area contributed by atoms with Gasteiger partial charge in [0.1, 0.15) is 11.9 Å². The molecule has 8 nitrogen and oxygen atoms in total. The fraction of sp³-hybridized carbons (Fsp3) is 0.667. The highest BCUT2D eigenvalue weighted by Gasteiger charge is 2.41. The van der Waals surface area contributed by atoms with Crippen molar-refractivity contribution in [3.8, 4) is 0 Å². The lowest BCUT2D eigenvalue weighted by Crippen LogP contribution is -2.44. The van der Waals surface area contributed by atoms with Gasteiger partial charge in [-0.1, -0.05) is 20.8 Å². The molecule has 1 unspecified atom stereocenters. The van der Waals surface area contributed by atoms with Gasteiger partial charge >= 0.3 is 6.09 Å². The highest BCUT2D eigenvalue weighted by molar-refractivity contribution is 7.85. The molecule has 1 amide bonds. The van der Waals surface area contributed by atoms with Crippen molar-refractivity contribution in [3.63, 3.8) is 0 Å². The van der Waals surface area contributed by atoms with Crippen LogP contribution in [0, 0.1) is 5.82 Å². The summed E-state index contributed by atoms with van der Waals surface area (Å²) in [6.45, 7) is 12.4. The summed E-state index contributed by atoms with van der Waals surface area (Å²) in [5.74, 6) is -0.941. The van der Waals surface area contributed by atoms with Crippen LogP contribution in [0.25, 0.3) is 0 Å². The number of anilines is 2. The molecule has 0 bridgehead atoms. The van der Waals surface area contributed by atoms with Crippen LogP contribution in [0.4, 0.5) is 20.6 Å². The third-order valence-electron chi connectivity index (χ3n) is 6.57. The van der Waals surface area contributed by atoms with Gasteiger partial charge < -0.3 is 14.1 Å². The van der Waals surface area contributed by atoms with Crippen LogP contribution in [-0.2, 0) is 19.3 Å². The molecule has 0 radical (unpaired) electrons. The quantitative estimate of drug-likeness (QED) is 0.457. The number of benzene rings is 1. The molecule has 1 aromatic rings. The second-order valence-corrected chi connectivity index (χ2v) is 16.4. The van der Waals surface area contributed by atoms with Gasteiger partial charge in [0.15, 0.2) is 8.32 Å². The molecule has 1 aromatic carbocycles. The molecule has 1 N–H and O–H groups in total. The van der Waals surface area contributed by atoms with E-state index in [9.17, 15) is 17.6 Å². The monoisotopic (exact) mass is 488 g/mol. The average Bonchev–Trinajstić information content (AvgIpc) is 3.24. The van der Waals surface area contributed by atoms with Crippen LogP contribution in [0.3, 0.4) is 0 Å². The van der Waals surface area contributed by atoms with Gasteiger partial charge in [-0.2, -0.15) is 8.42 Å². The fourth-order valence-electron chi connectivity index (χ4n) is 3.72. The summed E-state index contributed by atoms with van der Waals surface area (Å²) in [7, 11) is -6.05. The number of hydrogen-bond donors (Lipinski definition) is 1. The third-order valence-corrected chi connectivity index (χ3v) is 11.9. The molecular weight excluding hydrogens is 455 g/mol. The van der Waals surface area contributed by atoms with E-state index in [1.54, 1.807) is 12.1 Å². The minimum absolute atomic E-state index is 0.0228. The molecule has 2 saturated heterocycles. The van der Waals surface area contributed by atoms with Crippen LogP contribution in [0.15, 0.2) is 18.2 Å². The van der Waals surface area contributed by atoms with Crippen LogP contribution in [0.1, 0.15) is 33.6 Å². The summed E-state index contributed by atoms with van der Waals surface area (Å²) < 4.78 is 57.3. The Bertz CT molecular complexity index is 966. The van der Waals surface area contributed by atoms with E-state index in [1.807, 2.05) is 4.90 Å². The van der Waals surface area contributed by atoms with Crippen molar-refractivity contribution in [2.45, 2.75) is 64.0 Å². The lowest BCUT2D eigenvalue weighted by atomic mass is 10.2. The predicted molar refractivity (Wildman–Crippen MR) is 124 cm³/mol. The zero-order chi connectivity index (χ0) is 23.9. The van der Waals surface area contributed by atoms with E-state index in [1.165, 1.54) is 11.0 Å². The van der Waals surface area contributed by atoms with Crippen molar-refractivity contribution >= 4 is 35.9 Å². The van der Waals surface area contributed by atoms with Gasteiger partial charge in [0.25, 0.3) is 10.1 Å². The van der Waals surface area contributed by atoms with E-state index < -0.39 is 42.2 Å². The molecule has 3 rings (SSSR count). The lowest BCUT2D eigenvalue weighted by Gasteiger charge is -2.38. The summed E-state index contributed by atoms with van der Waals surface area (Å²) in [5, 5.41) is 0.108. The van der Waals surface area contributed by atoms with Crippen molar-refractivity contribution in [1.82, 2.24) is 0 Å². The highest BCUT2D eigenvalue weighted by Crippen LogP contribution is 2.39. The number of rotatable bonds is 7. The first kappa shape index (κ1) is 24.9. The fourth-order valence-corrected chi connectivity index (χ4v) is 5.66. The number of hydrogen-bond acceptors (Lipinski definition) is 6. The molecule has 0 aromatic heterocycles. The smallest absolute Gasteiger partial charge is 0.414 e. The summed E-state index contributed by atoms with van der Waals surface area (Å²) in [6.07, 6.45) is -0.473. The number of ether oxygens (including phenoxy) is 1. The van der Waals surface area contributed by atoms with Gasteiger partial charge in [-0.3, -0.25) is 9.45 Å². The summed E-state index contributed by atoms with van der Waals surface area (Å²) >= 11 is 0. The van der Waals surface area contributed by atoms with E-state index in [-0.39, 0.29) is 24.1 Å². The van der Waals surface area contributed by atoms with Crippen LogP contribution < -0.4 is 9.80 Å². The maximum absolute atomic E-state index is 15.0. The highest BCUT2D eigenvalue weighted by atomic mass is 32.2. The number of carbonyl (C=O) groups is 1. The van der Waals surface area contributed by atoms with Crippen molar-refractivity contribution in [1.29, 1.82) is 0 Å². The Hall–Kier alpha value is -1.69. The number of cyclic esters (lactones) is 1. The first-order valence-electron chi connectivity index (χ1n) is 10.8. The Labute approximate surface area is 190 Å². The predicted octanol–water partition coefficient (Wildman–Crippen LogP) is 4.03. The van der Waals surface area contributed by atoms with Crippen LogP contribution in [0.2, 0.25) is 18.1 Å². The molecule has 0 spiro atoms. The van der Waals surface area contributed by atoms with Gasteiger partial charge in [-0.15, -0.1) is 0 Å². The van der Waals surface area contributed by atoms with Gasteiger partial charge in [0.05, 0.1) is 29.8 Å². The van der Waals surface area contributed by atoms with E-state index in [0.29, 0.717) is 24.5 Å². The Morgan fingerprint density at radius 1 is 1.28 bits per heavy atom. The van der Waals surface area contributed by atoms with Crippen molar-refractivity contribution < 1.29 is 31.3 Å². The van der Waals surface area contributed by atoms with Gasteiger partial charge in [-0.25, -0.2) is 9.18 Å². The van der Waals surface area contributed by atoms with E-state index in [2.05, 4.69) is 33.9 Å². The molecular formula is C21H33FN2O6SSi. The molecule has 2 aliphatic rings. The van der Waals surface area contributed by atoms with Gasteiger partial charge in [0, 0.05) is 19.5 Å². The maximum Gasteiger partial charge on any atom is 0.414 e. The van der Waals surface area contributed by atoms with Crippen molar-refractivity contribution in [3.05, 3.63) is 24.0 Å². The summed E-state index contributed by atoms with van der Waals surface area (Å²) in [6, 6.07) is 4.61. The van der Waals surface area contributed by atoms with Gasteiger partial charge in [-0.05, 0) is 42.8 Å². The first-order chi connectivity index (χ1) is 14.7. The molecule has 0 saturated carbocycles. The number of nitrogens with zero attached hydrogens (tertiary/aromatic N) is 2. The topological polar surface area (TPSA) is 96.4 Å². The van der Waals surface area contributed by atoms with Crippen LogP contribution >= 0.6 is 0 Å². The Kier molecular flexibility index (Phi) is 6.95. The first-order valence-corrected chi connectivity index (χ1v) is 15.3. The zero-order valence-corrected chi connectivity index (χ0v) is 21.1. The summed E-state index contributed by atoms with van der Waals surface area (Å²) in [4.78, 5) is 15.4. The Balaban J connectivity index is 1.64. The second kappa shape index (κ2) is 8.92. The molecule has 2 fully saturated rings. The van der Waals surface area contributed by atoms with E-state index >= 15 is 0 Å². The largest absolute Gasteiger partial charge is 0.444 e. The van der Waals surface area contributed by atoms with Gasteiger partial charge in [0.2, 0.25) is 0 Å². The normalized spacial score (nSPS) is 22.5. The van der Waals surface area contributed by atoms with Crippen LogP contribution in [-0.4, -0.2) is 65.0 Å². The third kappa shape index (κ3) is 5.80. The molecule has 2 heterocycles. The molecule has 11 heteroatoms. The second-order valence-electron chi connectivity index (χ2n) is 10.1. The number of carbonyl (C=O) groups excluding carboxylic acids is 1. The maximum atomic E-state index is 15.0. The minimum atomic E-state index is -4.14. The molecule has 2 atom stereocenters. The van der Waals surface area contributed by atoms with E-state index in [4.69, 9.17) is 13.7 Å². The molecule has 32 heavy (non-hydrogen) atoms. The summed E-state index contributed by atoms with van der Waals surface area (Å²) in [5.41, 5.74) is 0.810. The van der Waals surface area contributed by atoms with E-state index in [0.717, 1.165) is 6.42 Å². The molecule has 180 valence electrons. The SMILES string of the molecule is CC(C)(C)[Si](C)(C)OC1CCN(c2ccc(N3C[C@H](CCS(=O)(=O)O)OC3=O)cc2F)C1. The zero-order valence-electron chi connectivity index (χ0n) is 19.3. The molecule has 0 aliphatic carbocycles. The number of amides is 1. The lowest BCUT2D eigenvalue weighted by molar-refractivity contribution is 0.139. The Morgan fingerprint density at radius 2 is 1.97 bits per heavy atom. The van der Waals surface area contributed by atoms with Crippen molar-refractivity contribution in [2.24, 2.45) is 0 Å².